The molecule has 1 rings (SSSR count). The number of hydrogen-bond acceptors (Lipinski definition) is 2. The minimum Gasteiger partial charge on any atom is -0.356 e. The molecule has 2 atom stereocenters. The molecule has 2 unspecified atom stereocenters. The topological polar surface area (TPSA) is 56.7 Å². The van der Waals surface area contributed by atoms with Crippen LogP contribution in [0.1, 0.15) is 59.3 Å². The van der Waals surface area contributed by atoms with Crippen molar-refractivity contribution in [3.05, 3.63) is 0 Å². The normalized spacial score (nSPS) is 19.2. The molecule has 0 spiro atoms. The van der Waals surface area contributed by atoms with Crippen molar-refractivity contribution in [3.8, 4) is 0 Å². The molecular formula is C17H35IN4O. The number of likely N-dealkylation sites (tertiary alicyclic amines) is 1. The minimum absolute atomic E-state index is 0. The number of carbonyl (C=O) groups excluding carboxylic acids is 1. The molecule has 0 aliphatic carbocycles. The maximum Gasteiger partial charge on any atom is 0.222 e. The second kappa shape index (κ2) is 12.8. The third kappa shape index (κ3) is 8.22. The van der Waals surface area contributed by atoms with Crippen molar-refractivity contribution >= 4 is 35.8 Å². The van der Waals surface area contributed by atoms with Gasteiger partial charge in [0.1, 0.15) is 0 Å². The molecule has 6 heteroatoms. The lowest BCUT2D eigenvalue weighted by molar-refractivity contribution is -0.129. The SMILES string of the molecule is CCCCC(CC)CNC(=NC)NC1CCN(C(=O)CC)C1.I. The second-order valence-electron chi connectivity index (χ2n) is 6.19. The maximum absolute atomic E-state index is 11.7. The first-order chi connectivity index (χ1) is 10.6. The summed E-state index contributed by atoms with van der Waals surface area (Å²) in [4.78, 5) is 18.0. The van der Waals surface area contributed by atoms with E-state index in [2.05, 4.69) is 29.5 Å². The van der Waals surface area contributed by atoms with E-state index in [0.29, 0.717) is 18.4 Å². The van der Waals surface area contributed by atoms with Crippen LogP contribution in [0.25, 0.3) is 0 Å². The van der Waals surface area contributed by atoms with Gasteiger partial charge in [-0.3, -0.25) is 9.79 Å². The Hall–Kier alpha value is -0.530. The van der Waals surface area contributed by atoms with Gasteiger partial charge in [-0.15, -0.1) is 24.0 Å². The summed E-state index contributed by atoms with van der Waals surface area (Å²) in [6.07, 6.45) is 6.62. The summed E-state index contributed by atoms with van der Waals surface area (Å²) in [5.41, 5.74) is 0. The third-order valence-corrected chi connectivity index (χ3v) is 4.51. The zero-order valence-corrected chi connectivity index (χ0v) is 17.6. The van der Waals surface area contributed by atoms with E-state index in [1.54, 1.807) is 0 Å². The number of rotatable bonds is 8. The predicted octanol–water partition coefficient (Wildman–Crippen LogP) is 3.00. The van der Waals surface area contributed by atoms with Gasteiger partial charge in [0, 0.05) is 39.1 Å². The molecule has 0 aromatic rings. The summed E-state index contributed by atoms with van der Waals surface area (Å²) < 4.78 is 0. The Morgan fingerprint density at radius 1 is 1.35 bits per heavy atom. The maximum atomic E-state index is 11.7. The Morgan fingerprint density at radius 2 is 2.09 bits per heavy atom. The van der Waals surface area contributed by atoms with Crippen LogP contribution in [0.4, 0.5) is 0 Å². The molecule has 1 saturated heterocycles. The smallest absolute Gasteiger partial charge is 0.222 e. The van der Waals surface area contributed by atoms with Gasteiger partial charge >= 0.3 is 0 Å². The van der Waals surface area contributed by atoms with Gasteiger partial charge in [-0.25, -0.2) is 0 Å². The first kappa shape index (κ1) is 22.5. The van der Waals surface area contributed by atoms with E-state index in [4.69, 9.17) is 0 Å². The molecular weight excluding hydrogens is 403 g/mol. The van der Waals surface area contributed by atoms with Crippen molar-refractivity contribution in [1.82, 2.24) is 15.5 Å². The number of aliphatic imine (C=N–C) groups is 1. The van der Waals surface area contributed by atoms with E-state index in [9.17, 15) is 4.79 Å². The van der Waals surface area contributed by atoms with Crippen molar-refractivity contribution in [1.29, 1.82) is 0 Å². The Balaban J connectivity index is 0.00000484. The average molecular weight is 438 g/mol. The Morgan fingerprint density at radius 3 is 2.65 bits per heavy atom. The highest BCUT2D eigenvalue weighted by molar-refractivity contribution is 14.0. The van der Waals surface area contributed by atoms with Gasteiger partial charge in [-0.2, -0.15) is 0 Å². The van der Waals surface area contributed by atoms with E-state index in [1.165, 1.54) is 25.7 Å². The number of nitrogens with zero attached hydrogens (tertiary/aromatic N) is 2. The van der Waals surface area contributed by atoms with Crippen LogP contribution in [0.15, 0.2) is 4.99 Å². The Labute approximate surface area is 159 Å². The number of amides is 1. The highest BCUT2D eigenvalue weighted by Gasteiger charge is 2.25. The molecule has 1 fully saturated rings. The van der Waals surface area contributed by atoms with Crippen molar-refractivity contribution < 1.29 is 4.79 Å². The van der Waals surface area contributed by atoms with E-state index >= 15 is 0 Å². The largest absolute Gasteiger partial charge is 0.356 e. The zero-order valence-electron chi connectivity index (χ0n) is 15.2. The molecule has 0 bridgehead atoms. The summed E-state index contributed by atoms with van der Waals surface area (Å²) >= 11 is 0. The number of halogens is 1. The first-order valence-corrected chi connectivity index (χ1v) is 8.89. The van der Waals surface area contributed by atoms with Crippen LogP contribution in [0.3, 0.4) is 0 Å². The quantitative estimate of drug-likeness (QED) is 0.348. The molecule has 1 aliphatic rings. The molecule has 0 aromatic heterocycles. The average Bonchev–Trinajstić information content (AvgIpc) is 3.01. The second-order valence-corrected chi connectivity index (χ2v) is 6.19. The van der Waals surface area contributed by atoms with Crippen LogP contribution in [0.2, 0.25) is 0 Å². The summed E-state index contributed by atoms with van der Waals surface area (Å²) in [6.45, 7) is 9.04. The molecule has 0 saturated carbocycles. The van der Waals surface area contributed by atoms with Gasteiger partial charge in [0.15, 0.2) is 5.96 Å². The zero-order chi connectivity index (χ0) is 16.4. The third-order valence-electron chi connectivity index (χ3n) is 4.51. The highest BCUT2D eigenvalue weighted by atomic mass is 127. The number of hydrogen-bond donors (Lipinski definition) is 2. The van der Waals surface area contributed by atoms with Crippen LogP contribution < -0.4 is 10.6 Å². The van der Waals surface area contributed by atoms with Crippen LogP contribution in [0.5, 0.6) is 0 Å². The standard InChI is InChI=1S/C17H34N4O.HI/c1-5-8-9-14(6-2)12-19-17(18-4)20-15-10-11-21(13-15)16(22)7-3;/h14-15H,5-13H2,1-4H3,(H2,18,19,20);1H. The van der Waals surface area contributed by atoms with Crippen molar-refractivity contribution in [2.45, 2.75) is 65.3 Å². The van der Waals surface area contributed by atoms with E-state index in [1.807, 2.05) is 18.9 Å². The monoisotopic (exact) mass is 438 g/mol. The van der Waals surface area contributed by atoms with Gasteiger partial charge < -0.3 is 15.5 Å². The lowest BCUT2D eigenvalue weighted by Gasteiger charge is -2.21. The molecule has 1 amide bonds. The molecule has 0 radical (unpaired) electrons. The summed E-state index contributed by atoms with van der Waals surface area (Å²) in [5, 5.41) is 6.90. The summed E-state index contributed by atoms with van der Waals surface area (Å²) in [5.74, 6) is 1.82. The van der Waals surface area contributed by atoms with Crippen molar-refractivity contribution in [2.24, 2.45) is 10.9 Å². The fourth-order valence-electron chi connectivity index (χ4n) is 2.90. The van der Waals surface area contributed by atoms with Crippen LogP contribution >= 0.6 is 24.0 Å². The number of carbonyl (C=O) groups is 1. The van der Waals surface area contributed by atoms with E-state index in [-0.39, 0.29) is 29.9 Å². The molecule has 136 valence electrons. The van der Waals surface area contributed by atoms with Crippen LogP contribution in [-0.4, -0.2) is 49.5 Å². The van der Waals surface area contributed by atoms with Crippen LogP contribution in [0, 0.1) is 5.92 Å². The summed E-state index contributed by atoms with van der Waals surface area (Å²) in [6, 6.07) is 0.317. The fourth-order valence-corrected chi connectivity index (χ4v) is 2.90. The molecule has 23 heavy (non-hydrogen) atoms. The van der Waals surface area contributed by atoms with Crippen LogP contribution in [-0.2, 0) is 4.79 Å². The molecule has 5 nitrogen and oxygen atoms in total. The van der Waals surface area contributed by atoms with Gasteiger partial charge in [0.25, 0.3) is 0 Å². The Kier molecular flexibility index (Phi) is 12.5. The lowest BCUT2D eigenvalue weighted by atomic mass is 9.99. The molecule has 1 aliphatic heterocycles. The molecule has 1 heterocycles. The van der Waals surface area contributed by atoms with E-state index < -0.39 is 0 Å². The lowest BCUT2D eigenvalue weighted by Crippen LogP contribution is -2.46. The summed E-state index contributed by atoms with van der Waals surface area (Å²) in [7, 11) is 1.81. The van der Waals surface area contributed by atoms with Gasteiger partial charge in [0.05, 0.1) is 0 Å². The van der Waals surface area contributed by atoms with Crippen molar-refractivity contribution in [2.75, 3.05) is 26.7 Å². The molecule has 2 N–H and O–H groups in total. The molecule has 0 aromatic carbocycles. The number of guanidine groups is 1. The first-order valence-electron chi connectivity index (χ1n) is 8.89. The van der Waals surface area contributed by atoms with E-state index in [0.717, 1.165) is 32.0 Å². The predicted molar refractivity (Wildman–Crippen MR) is 108 cm³/mol. The number of nitrogens with one attached hydrogen (secondary N) is 2. The number of unbranched alkanes of at least 4 members (excludes halogenated alkanes) is 1. The fraction of sp³-hybridized carbons (Fsp3) is 0.882. The van der Waals surface area contributed by atoms with Crippen molar-refractivity contribution in [3.63, 3.8) is 0 Å². The minimum atomic E-state index is 0. The van der Waals surface area contributed by atoms with Gasteiger partial charge in [-0.05, 0) is 18.8 Å². The van der Waals surface area contributed by atoms with Gasteiger partial charge in [0.2, 0.25) is 5.91 Å². The van der Waals surface area contributed by atoms with Gasteiger partial charge in [-0.1, -0.05) is 40.0 Å². The Bertz CT molecular complexity index is 363. The highest BCUT2D eigenvalue weighted by Crippen LogP contribution is 2.12.